The summed E-state index contributed by atoms with van der Waals surface area (Å²) in [5, 5.41) is 0. The molecule has 0 aromatic rings. The summed E-state index contributed by atoms with van der Waals surface area (Å²) >= 11 is 0. The number of dihydropyridines is 1. The van der Waals surface area contributed by atoms with Gasteiger partial charge < -0.3 is 0 Å². The van der Waals surface area contributed by atoms with Gasteiger partial charge in [-0.05, 0) is 37.3 Å². The summed E-state index contributed by atoms with van der Waals surface area (Å²) in [4.78, 5) is 15.2. The third-order valence-corrected chi connectivity index (χ3v) is 2.24. The SMILES string of the molecule is O=C1C=C2CCCCC2=NC1. The fourth-order valence-electron chi connectivity index (χ4n) is 1.66. The van der Waals surface area contributed by atoms with E-state index in [4.69, 9.17) is 0 Å². The third-order valence-electron chi connectivity index (χ3n) is 2.24. The summed E-state index contributed by atoms with van der Waals surface area (Å²) in [6.07, 6.45) is 6.38. The standard InChI is InChI=1S/C9H11NO/c11-8-5-7-3-1-2-4-9(7)10-6-8/h5H,1-4,6H2. The Balaban J connectivity index is 2.26. The van der Waals surface area contributed by atoms with Gasteiger partial charge in [-0.25, -0.2) is 0 Å². The maximum atomic E-state index is 10.9. The lowest BCUT2D eigenvalue weighted by Crippen LogP contribution is -2.17. The number of carbonyl (C=O) groups excluding carboxylic acids is 1. The first-order valence-corrected chi connectivity index (χ1v) is 4.13. The van der Waals surface area contributed by atoms with E-state index in [1.807, 2.05) is 0 Å². The van der Waals surface area contributed by atoms with Crippen molar-refractivity contribution in [3.8, 4) is 0 Å². The zero-order valence-electron chi connectivity index (χ0n) is 6.47. The maximum absolute atomic E-state index is 10.9. The average Bonchev–Trinajstić information content (AvgIpc) is 2.04. The van der Waals surface area contributed by atoms with Gasteiger partial charge in [0.05, 0.1) is 0 Å². The zero-order valence-corrected chi connectivity index (χ0v) is 6.47. The molecule has 58 valence electrons. The molecular formula is C9H11NO. The zero-order chi connectivity index (χ0) is 7.68. The lowest BCUT2D eigenvalue weighted by atomic mass is 9.90. The van der Waals surface area contributed by atoms with Crippen LogP contribution >= 0.6 is 0 Å². The van der Waals surface area contributed by atoms with Crippen LogP contribution in [-0.4, -0.2) is 18.0 Å². The summed E-state index contributed by atoms with van der Waals surface area (Å²) < 4.78 is 0. The van der Waals surface area contributed by atoms with Crippen molar-refractivity contribution >= 4 is 11.5 Å². The minimum atomic E-state index is 0.172. The molecule has 0 N–H and O–H groups in total. The second-order valence-corrected chi connectivity index (χ2v) is 3.11. The molecule has 1 heterocycles. The van der Waals surface area contributed by atoms with E-state index in [9.17, 15) is 4.79 Å². The van der Waals surface area contributed by atoms with Crippen molar-refractivity contribution < 1.29 is 4.79 Å². The predicted octanol–water partition coefficient (Wildman–Crippen LogP) is 1.51. The molecule has 0 amide bonds. The van der Waals surface area contributed by atoms with Crippen LogP contribution in [0.2, 0.25) is 0 Å². The quantitative estimate of drug-likeness (QED) is 0.513. The Hall–Kier alpha value is -0.920. The molecule has 2 heteroatoms. The van der Waals surface area contributed by atoms with Crippen molar-refractivity contribution in [2.45, 2.75) is 25.7 Å². The minimum Gasteiger partial charge on any atom is -0.293 e. The van der Waals surface area contributed by atoms with E-state index in [1.165, 1.54) is 24.1 Å². The van der Waals surface area contributed by atoms with Crippen molar-refractivity contribution in [1.82, 2.24) is 0 Å². The first-order valence-electron chi connectivity index (χ1n) is 4.13. The second-order valence-electron chi connectivity index (χ2n) is 3.11. The van der Waals surface area contributed by atoms with Crippen LogP contribution in [0.25, 0.3) is 0 Å². The van der Waals surface area contributed by atoms with Crippen LogP contribution in [0.5, 0.6) is 0 Å². The monoisotopic (exact) mass is 149 g/mol. The largest absolute Gasteiger partial charge is 0.293 e. The molecule has 2 aliphatic rings. The summed E-state index contributed by atoms with van der Waals surface area (Å²) in [6, 6.07) is 0. The van der Waals surface area contributed by atoms with Gasteiger partial charge in [0, 0.05) is 5.71 Å². The van der Waals surface area contributed by atoms with Gasteiger partial charge in [-0.15, -0.1) is 0 Å². The van der Waals surface area contributed by atoms with E-state index in [-0.39, 0.29) is 5.78 Å². The number of rotatable bonds is 0. The Morgan fingerprint density at radius 2 is 2.09 bits per heavy atom. The summed E-state index contributed by atoms with van der Waals surface area (Å²) in [5.41, 5.74) is 2.39. The summed E-state index contributed by atoms with van der Waals surface area (Å²) in [7, 11) is 0. The highest BCUT2D eigenvalue weighted by Gasteiger charge is 2.17. The number of nitrogens with zero attached hydrogens (tertiary/aromatic N) is 1. The Bertz CT molecular complexity index is 250. The number of aliphatic imine (C=N–C) groups is 1. The molecule has 0 aromatic heterocycles. The van der Waals surface area contributed by atoms with Crippen molar-refractivity contribution in [1.29, 1.82) is 0 Å². The predicted molar refractivity (Wildman–Crippen MR) is 43.9 cm³/mol. The normalized spacial score (nSPS) is 23.8. The van der Waals surface area contributed by atoms with E-state index >= 15 is 0 Å². The van der Waals surface area contributed by atoms with Crippen molar-refractivity contribution in [3.05, 3.63) is 11.6 Å². The molecule has 1 aliphatic heterocycles. The molecule has 0 spiro atoms. The third kappa shape index (κ3) is 1.25. The van der Waals surface area contributed by atoms with Crippen LogP contribution < -0.4 is 0 Å². The van der Waals surface area contributed by atoms with Crippen LogP contribution in [0.15, 0.2) is 16.6 Å². The molecular weight excluding hydrogens is 138 g/mol. The molecule has 0 saturated heterocycles. The molecule has 1 fully saturated rings. The number of allylic oxidation sites excluding steroid dienone is 1. The number of ketones is 1. The van der Waals surface area contributed by atoms with E-state index in [2.05, 4.69) is 4.99 Å². The molecule has 0 atom stereocenters. The Morgan fingerprint density at radius 3 is 3.00 bits per heavy atom. The van der Waals surface area contributed by atoms with Crippen molar-refractivity contribution in [2.75, 3.05) is 6.54 Å². The number of fused-ring (bicyclic) bond motifs is 1. The van der Waals surface area contributed by atoms with Crippen LogP contribution in [0, 0.1) is 0 Å². The lowest BCUT2D eigenvalue weighted by molar-refractivity contribution is -0.113. The fourth-order valence-corrected chi connectivity index (χ4v) is 1.66. The molecule has 11 heavy (non-hydrogen) atoms. The Kier molecular flexibility index (Phi) is 1.60. The van der Waals surface area contributed by atoms with Crippen LogP contribution in [0.3, 0.4) is 0 Å². The number of hydrogen-bond donors (Lipinski definition) is 0. The van der Waals surface area contributed by atoms with Crippen LogP contribution in [0.4, 0.5) is 0 Å². The molecule has 0 bridgehead atoms. The Morgan fingerprint density at radius 1 is 1.27 bits per heavy atom. The van der Waals surface area contributed by atoms with Crippen molar-refractivity contribution in [2.24, 2.45) is 4.99 Å². The maximum Gasteiger partial charge on any atom is 0.177 e. The summed E-state index contributed by atoms with van der Waals surface area (Å²) in [5.74, 6) is 0.172. The topological polar surface area (TPSA) is 29.4 Å². The first kappa shape index (κ1) is 6.77. The highest BCUT2D eigenvalue weighted by molar-refractivity contribution is 6.10. The molecule has 0 radical (unpaired) electrons. The van der Waals surface area contributed by atoms with E-state index in [1.54, 1.807) is 6.08 Å². The highest BCUT2D eigenvalue weighted by atomic mass is 16.1. The van der Waals surface area contributed by atoms with Crippen molar-refractivity contribution in [3.63, 3.8) is 0 Å². The van der Waals surface area contributed by atoms with Gasteiger partial charge in [-0.3, -0.25) is 9.79 Å². The average molecular weight is 149 g/mol. The van der Waals surface area contributed by atoms with Gasteiger partial charge in [0.2, 0.25) is 0 Å². The fraction of sp³-hybridized carbons (Fsp3) is 0.556. The lowest BCUT2D eigenvalue weighted by Gasteiger charge is -2.19. The summed E-state index contributed by atoms with van der Waals surface area (Å²) in [6.45, 7) is 0.388. The van der Waals surface area contributed by atoms with Gasteiger partial charge in [0.15, 0.2) is 5.78 Å². The molecule has 0 unspecified atom stereocenters. The van der Waals surface area contributed by atoms with Gasteiger partial charge in [-0.1, -0.05) is 0 Å². The smallest absolute Gasteiger partial charge is 0.177 e. The van der Waals surface area contributed by atoms with E-state index in [0.717, 1.165) is 12.8 Å². The highest BCUT2D eigenvalue weighted by Crippen LogP contribution is 2.22. The molecule has 2 nitrogen and oxygen atoms in total. The number of carbonyl (C=O) groups is 1. The molecule has 2 rings (SSSR count). The van der Waals surface area contributed by atoms with Crippen LogP contribution in [-0.2, 0) is 4.79 Å². The molecule has 1 saturated carbocycles. The van der Waals surface area contributed by atoms with E-state index < -0.39 is 0 Å². The Labute approximate surface area is 66.0 Å². The second kappa shape index (κ2) is 2.61. The van der Waals surface area contributed by atoms with Gasteiger partial charge in [0.25, 0.3) is 0 Å². The number of hydrogen-bond acceptors (Lipinski definition) is 2. The van der Waals surface area contributed by atoms with E-state index in [0.29, 0.717) is 6.54 Å². The first-order chi connectivity index (χ1) is 5.36. The molecule has 1 aliphatic carbocycles. The van der Waals surface area contributed by atoms with Crippen LogP contribution in [0.1, 0.15) is 25.7 Å². The van der Waals surface area contributed by atoms with Gasteiger partial charge in [0.1, 0.15) is 6.54 Å². The van der Waals surface area contributed by atoms with Gasteiger partial charge in [-0.2, -0.15) is 0 Å². The minimum absolute atomic E-state index is 0.172. The van der Waals surface area contributed by atoms with Gasteiger partial charge >= 0.3 is 0 Å². The molecule has 0 aromatic carbocycles.